The summed E-state index contributed by atoms with van der Waals surface area (Å²) in [5.41, 5.74) is 3.48. The van der Waals surface area contributed by atoms with Gasteiger partial charge in [0.15, 0.2) is 5.82 Å². The van der Waals surface area contributed by atoms with E-state index < -0.39 is 0 Å². The Morgan fingerprint density at radius 2 is 1.84 bits per heavy atom. The molecule has 7 nitrogen and oxygen atoms in total. The fourth-order valence-corrected chi connectivity index (χ4v) is 3.04. The number of nitrogens with one attached hydrogen (secondary N) is 1. The molecule has 0 spiro atoms. The van der Waals surface area contributed by atoms with Crippen LogP contribution in [0, 0.1) is 12.3 Å². The van der Waals surface area contributed by atoms with Gasteiger partial charge in [-0.05, 0) is 30.5 Å². The Labute approximate surface area is 183 Å². The zero-order valence-corrected chi connectivity index (χ0v) is 18.8. The highest BCUT2D eigenvalue weighted by Gasteiger charge is 2.18. The van der Waals surface area contributed by atoms with Crippen molar-refractivity contribution in [3.8, 4) is 23.1 Å². The molecule has 0 aliphatic carbocycles. The van der Waals surface area contributed by atoms with Crippen molar-refractivity contribution in [1.82, 2.24) is 14.8 Å². The average molecular weight is 423 g/mol. The van der Waals surface area contributed by atoms with E-state index in [2.05, 4.69) is 15.4 Å². The number of anilines is 1. The SMILES string of the molecule is COCCOc1nc(-c2ccc(C)cc2)n(-c2cccc(NC(=O)CC(C)(C)C)c2)n1. The lowest BCUT2D eigenvalue weighted by Gasteiger charge is -2.17. The molecule has 2 aromatic carbocycles. The van der Waals surface area contributed by atoms with Crippen LogP contribution in [0.1, 0.15) is 32.8 Å². The summed E-state index contributed by atoms with van der Waals surface area (Å²) in [6, 6.07) is 15.9. The molecule has 1 amide bonds. The fraction of sp³-hybridized carbons (Fsp3) is 0.375. The maximum absolute atomic E-state index is 12.4. The molecular formula is C24H30N4O3. The summed E-state index contributed by atoms with van der Waals surface area (Å²) < 4.78 is 12.4. The van der Waals surface area contributed by atoms with Crippen molar-refractivity contribution in [2.45, 2.75) is 34.1 Å². The number of aryl methyl sites for hydroxylation is 1. The number of hydrogen-bond donors (Lipinski definition) is 1. The normalized spacial score (nSPS) is 11.4. The second kappa shape index (κ2) is 9.75. The average Bonchev–Trinajstić information content (AvgIpc) is 3.12. The fourth-order valence-electron chi connectivity index (χ4n) is 3.04. The maximum atomic E-state index is 12.4. The van der Waals surface area contributed by atoms with Crippen molar-refractivity contribution >= 4 is 11.6 Å². The van der Waals surface area contributed by atoms with Crippen molar-refractivity contribution in [2.75, 3.05) is 25.6 Å². The molecule has 1 aromatic heterocycles. The van der Waals surface area contributed by atoms with Gasteiger partial charge in [-0.3, -0.25) is 4.79 Å². The lowest BCUT2D eigenvalue weighted by atomic mass is 9.92. The standard InChI is InChI=1S/C24H30N4O3/c1-17-9-11-18(12-10-17)22-26-23(31-14-13-30-5)27-28(22)20-8-6-7-19(15-20)25-21(29)16-24(2,3)4/h6-12,15H,13-14,16H2,1-5H3,(H,25,29). The van der Waals surface area contributed by atoms with Crippen molar-refractivity contribution in [1.29, 1.82) is 0 Å². The van der Waals surface area contributed by atoms with Crippen LogP contribution in [0.3, 0.4) is 0 Å². The minimum Gasteiger partial charge on any atom is -0.460 e. The molecule has 7 heteroatoms. The van der Waals surface area contributed by atoms with E-state index in [0.29, 0.717) is 31.1 Å². The number of benzene rings is 2. The van der Waals surface area contributed by atoms with Gasteiger partial charge in [0.2, 0.25) is 5.91 Å². The Hall–Kier alpha value is -3.19. The predicted molar refractivity (Wildman–Crippen MR) is 122 cm³/mol. The number of amides is 1. The Kier molecular flexibility index (Phi) is 7.07. The second-order valence-corrected chi connectivity index (χ2v) is 8.67. The molecule has 164 valence electrons. The van der Waals surface area contributed by atoms with E-state index in [4.69, 9.17) is 9.47 Å². The number of nitrogens with zero attached hydrogens (tertiary/aromatic N) is 3. The molecule has 0 unspecified atom stereocenters. The van der Waals surface area contributed by atoms with Crippen LogP contribution in [-0.4, -0.2) is 41.0 Å². The van der Waals surface area contributed by atoms with E-state index in [1.165, 1.54) is 0 Å². The Morgan fingerprint density at radius 3 is 2.52 bits per heavy atom. The number of carbonyl (C=O) groups excluding carboxylic acids is 1. The lowest BCUT2D eigenvalue weighted by molar-refractivity contribution is -0.117. The lowest BCUT2D eigenvalue weighted by Crippen LogP contribution is -2.19. The van der Waals surface area contributed by atoms with E-state index in [1.807, 2.05) is 76.2 Å². The smallest absolute Gasteiger partial charge is 0.336 e. The summed E-state index contributed by atoms with van der Waals surface area (Å²) in [4.78, 5) is 17.0. The first-order valence-electron chi connectivity index (χ1n) is 10.3. The van der Waals surface area contributed by atoms with E-state index in [1.54, 1.807) is 11.8 Å². The van der Waals surface area contributed by atoms with Crippen molar-refractivity contribution in [2.24, 2.45) is 5.41 Å². The number of methoxy groups -OCH3 is 1. The molecule has 1 N–H and O–H groups in total. The molecule has 1 heterocycles. The number of rotatable bonds is 8. The number of carbonyl (C=O) groups is 1. The Morgan fingerprint density at radius 1 is 1.10 bits per heavy atom. The van der Waals surface area contributed by atoms with Gasteiger partial charge in [-0.1, -0.05) is 56.7 Å². The highest BCUT2D eigenvalue weighted by Crippen LogP contribution is 2.26. The molecule has 0 atom stereocenters. The maximum Gasteiger partial charge on any atom is 0.336 e. The van der Waals surface area contributed by atoms with E-state index in [9.17, 15) is 4.79 Å². The molecule has 0 aliphatic heterocycles. The van der Waals surface area contributed by atoms with Crippen LogP contribution in [0.15, 0.2) is 48.5 Å². The van der Waals surface area contributed by atoms with Crippen molar-refractivity contribution in [3.63, 3.8) is 0 Å². The number of ether oxygens (including phenoxy) is 2. The van der Waals surface area contributed by atoms with Gasteiger partial charge < -0.3 is 14.8 Å². The Balaban J connectivity index is 1.93. The third-order valence-electron chi connectivity index (χ3n) is 4.48. The van der Waals surface area contributed by atoms with E-state index in [-0.39, 0.29) is 17.3 Å². The van der Waals surface area contributed by atoms with Crippen LogP contribution in [0.25, 0.3) is 17.1 Å². The van der Waals surface area contributed by atoms with Gasteiger partial charge in [0.25, 0.3) is 0 Å². The highest BCUT2D eigenvalue weighted by molar-refractivity contribution is 5.91. The van der Waals surface area contributed by atoms with Crippen molar-refractivity contribution < 1.29 is 14.3 Å². The molecule has 0 fully saturated rings. The zero-order valence-electron chi connectivity index (χ0n) is 18.8. The molecule has 0 bridgehead atoms. The first-order valence-corrected chi connectivity index (χ1v) is 10.3. The molecule has 0 saturated heterocycles. The molecule has 0 aliphatic rings. The van der Waals surface area contributed by atoms with Crippen LogP contribution in [0.2, 0.25) is 0 Å². The third-order valence-corrected chi connectivity index (χ3v) is 4.48. The van der Waals surface area contributed by atoms with Gasteiger partial charge in [0, 0.05) is 24.8 Å². The van der Waals surface area contributed by atoms with Gasteiger partial charge in [0.05, 0.1) is 12.3 Å². The molecule has 0 saturated carbocycles. The quantitative estimate of drug-likeness (QED) is 0.535. The predicted octanol–water partition coefficient (Wildman–Crippen LogP) is 4.64. The monoisotopic (exact) mass is 422 g/mol. The van der Waals surface area contributed by atoms with Crippen LogP contribution < -0.4 is 10.1 Å². The largest absolute Gasteiger partial charge is 0.460 e. The van der Waals surface area contributed by atoms with E-state index >= 15 is 0 Å². The van der Waals surface area contributed by atoms with Crippen molar-refractivity contribution in [3.05, 3.63) is 54.1 Å². The zero-order chi connectivity index (χ0) is 22.4. The first kappa shape index (κ1) is 22.5. The highest BCUT2D eigenvalue weighted by atomic mass is 16.5. The molecular weight excluding hydrogens is 392 g/mol. The number of aromatic nitrogens is 3. The van der Waals surface area contributed by atoms with E-state index in [0.717, 1.165) is 16.8 Å². The van der Waals surface area contributed by atoms with Crippen LogP contribution in [0.5, 0.6) is 6.01 Å². The summed E-state index contributed by atoms with van der Waals surface area (Å²) in [7, 11) is 1.62. The van der Waals surface area contributed by atoms with Crippen LogP contribution in [0.4, 0.5) is 5.69 Å². The summed E-state index contributed by atoms with van der Waals surface area (Å²) in [6.45, 7) is 8.96. The Bertz CT molecular complexity index is 1020. The molecule has 0 radical (unpaired) electrons. The summed E-state index contributed by atoms with van der Waals surface area (Å²) >= 11 is 0. The van der Waals surface area contributed by atoms with Gasteiger partial charge in [-0.15, -0.1) is 5.10 Å². The summed E-state index contributed by atoms with van der Waals surface area (Å²) in [6.07, 6.45) is 0.437. The molecule has 31 heavy (non-hydrogen) atoms. The minimum atomic E-state index is -0.0827. The number of hydrogen-bond acceptors (Lipinski definition) is 5. The van der Waals surface area contributed by atoms with Crippen LogP contribution in [-0.2, 0) is 9.53 Å². The first-order chi connectivity index (χ1) is 14.7. The van der Waals surface area contributed by atoms with Gasteiger partial charge in [-0.2, -0.15) is 4.98 Å². The summed E-state index contributed by atoms with van der Waals surface area (Å²) in [5, 5.41) is 7.52. The molecule has 3 aromatic rings. The van der Waals surface area contributed by atoms with Gasteiger partial charge in [-0.25, -0.2) is 4.68 Å². The third kappa shape index (κ3) is 6.39. The van der Waals surface area contributed by atoms with Gasteiger partial charge in [0.1, 0.15) is 6.61 Å². The van der Waals surface area contributed by atoms with Gasteiger partial charge >= 0.3 is 6.01 Å². The summed E-state index contributed by atoms with van der Waals surface area (Å²) in [5.74, 6) is 0.635. The topological polar surface area (TPSA) is 78.3 Å². The molecule has 3 rings (SSSR count). The van der Waals surface area contributed by atoms with Crippen LogP contribution >= 0.6 is 0 Å². The minimum absolute atomic E-state index is 0.0226. The second-order valence-electron chi connectivity index (χ2n) is 8.67.